The summed E-state index contributed by atoms with van der Waals surface area (Å²) >= 11 is 0. The summed E-state index contributed by atoms with van der Waals surface area (Å²) in [5, 5.41) is 2.39. The van der Waals surface area contributed by atoms with E-state index < -0.39 is 21.6 Å². The normalized spacial score (nSPS) is 11.1. The first-order chi connectivity index (χ1) is 9.39. The van der Waals surface area contributed by atoms with Gasteiger partial charge in [-0.05, 0) is 18.2 Å². The minimum absolute atomic E-state index is 0.0252. The lowest BCUT2D eigenvalue weighted by molar-refractivity contribution is 0.102. The molecule has 0 unspecified atom stereocenters. The van der Waals surface area contributed by atoms with Crippen molar-refractivity contribution in [3.05, 3.63) is 54.1 Å². The molecule has 0 saturated carbocycles. The molecule has 1 N–H and O–H groups in total. The number of carbonyl (C=O) groups excluding carboxylic acids is 1. The Morgan fingerprint density at radius 2 is 1.95 bits per heavy atom. The zero-order chi connectivity index (χ0) is 14.8. The average molecular weight is 294 g/mol. The summed E-state index contributed by atoms with van der Waals surface area (Å²) in [4.78, 5) is 15.5. The fourth-order valence-electron chi connectivity index (χ4n) is 1.64. The van der Waals surface area contributed by atoms with E-state index in [0.717, 1.165) is 12.5 Å². The zero-order valence-electron chi connectivity index (χ0n) is 10.5. The van der Waals surface area contributed by atoms with E-state index in [4.69, 9.17) is 0 Å². The van der Waals surface area contributed by atoms with Gasteiger partial charge in [0, 0.05) is 12.5 Å². The van der Waals surface area contributed by atoms with Crippen LogP contribution in [0.5, 0.6) is 0 Å². The van der Waals surface area contributed by atoms with Crippen molar-refractivity contribution >= 4 is 21.4 Å². The number of para-hydroxylation sites is 1. The number of carbonyl (C=O) groups is 1. The highest BCUT2D eigenvalue weighted by Gasteiger charge is 2.17. The number of sulfone groups is 1. The van der Waals surface area contributed by atoms with E-state index in [1.165, 1.54) is 24.4 Å². The van der Waals surface area contributed by atoms with Crippen LogP contribution in [0.4, 0.5) is 10.1 Å². The van der Waals surface area contributed by atoms with Gasteiger partial charge in [0.15, 0.2) is 15.7 Å². The summed E-state index contributed by atoms with van der Waals surface area (Å²) < 4.78 is 36.6. The molecule has 0 aliphatic rings. The third-order valence-electron chi connectivity index (χ3n) is 2.55. The van der Waals surface area contributed by atoms with E-state index in [9.17, 15) is 17.6 Å². The van der Waals surface area contributed by atoms with Crippen molar-refractivity contribution < 1.29 is 17.6 Å². The maximum atomic E-state index is 13.4. The SMILES string of the molecule is CS(=O)(=O)c1ccccc1NC(=O)c1ccncc1F. The van der Waals surface area contributed by atoms with Crippen LogP contribution >= 0.6 is 0 Å². The van der Waals surface area contributed by atoms with E-state index in [1.807, 2.05) is 0 Å². The van der Waals surface area contributed by atoms with Crippen LogP contribution < -0.4 is 5.32 Å². The van der Waals surface area contributed by atoms with Gasteiger partial charge in [0.25, 0.3) is 5.91 Å². The molecule has 0 bridgehead atoms. The van der Waals surface area contributed by atoms with Crippen molar-refractivity contribution in [2.24, 2.45) is 0 Å². The molecule has 5 nitrogen and oxygen atoms in total. The van der Waals surface area contributed by atoms with Gasteiger partial charge in [0.1, 0.15) is 0 Å². The number of hydrogen-bond donors (Lipinski definition) is 1. The van der Waals surface area contributed by atoms with Crippen molar-refractivity contribution in [2.45, 2.75) is 4.90 Å². The Kier molecular flexibility index (Phi) is 3.80. The van der Waals surface area contributed by atoms with E-state index in [2.05, 4.69) is 10.3 Å². The van der Waals surface area contributed by atoms with Crippen molar-refractivity contribution in [1.82, 2.24) is 4.98 Å². The number of anilines is 1. The molecule has 2 rings (SSSR count). The molecule has 7 heteroatoms. The largest absolute Gasteiger partial charge is 0.321 e. The Morgan fingerprint density at radius 3 is 2.60 bits per heavy atom. The first kappa shape index (κ1) is 14.1. The molecule has 0 atom stereocenters. The van der Waals surface area contributed by atoms with E-state index in [-0.39, 0.29) is 16.1 Å². The Morgan fingerprint density at radius 1 is 1.25 bits per heavy atom. The second-order valence-corrected chi connectivity index (χ2v) is 6.06. The highest BCUT2D eigenvalue weighted by atomic mass is 32.2. The lowest BCUT2D eigenvalue weighted by Crippen LogP contribution is -2.16. The standard InChI is InChI=1S/C13H11FN2O3S/c1-20(18,19)12-5-3-2-4-11(12)16-13(17)9-6-7-15-8-10(9)14/h2-8H,1H3,(H,16,17). The Bertz CT molecular complexity index is 760. The molecule has 20 heavy (non-hydrogen) atoms. The molecule has 1 aromatic heterocycles. The molecule has 0 spiro atoms. The lowest BCUT2D eigenvalue weighted by atomic mass is 10.2. The van der Waals surface area contributed by atoms with E-state index in [0.29, 0.717) is 0 Å². The topological polar surface area (TPSA) is 76.1 Å². The van der Waals surface area contributed by atoms with Crippen LogP contribution in [0.2, 0.25) is 0 Å². The summed E-state index contributed by atoms with van der Waals surface area (Å²) in [6.45, 7) is 0. The maximum absolute atomic E-state index is 13.4. The average Bonchev–Trinajstić information content (AvgIpc) is 2.38. The van der Waals surface area contributed by atoms with Crippen LogP contribution in [0.15, 0.2) is 47.6 Å². The molecular weight excluding hydrogens is 283 g/mol. The van der Waals surface area contributed by atoms with Gasteiger partial charge in [-0.25, -0.2) is 12.8 Å². The highest BCUT2D eigenvalue weighted by Crippen LogP contribution is 2.21. The summed E-state index contributed by atoms with van der Waals surface area (Å²) in [5.41, 5.74) is -0.0977. The van der Waals surface area contributed by atoms with Crippen LogP contribution in [0.3, 0.4) is 0 Å². The highest BCUT2D eigenvalue weighted by molar-refractivity contribution is 7.90. The molecule has 0 radical (unpaired) electrons. The van der Waals surface area contributed by atoms with Gasteiger partial charge in [-0.3, -0.25) is 9.78 Å². The second kappa shape index (κ2) is 5.38. The summed E-state index contributed by atoms with van der Waals surface area (Å²) in [6, 6.07) is 7.14. The van der Waals surface area contributed by atoms with Gasteiger partial charge in [-0.1, -0.05) is 12.1 Å². The molecule has 1 aromatic carbocycles. The monoisotopic (exact) mass is 294 g/mol. The van der Waals surface area contributed by atoms with Gasteiger partial charge in [-0.15, -0.1) is 0 Å². The number of pyridine rings is 1. The van der Waals surface area contributed by atoms with Crippen LogP contribution in [-0.2, 0) is 9.84 Å². The number of amides is 1. The summed E-state index contributed by atoms with van der Waals surface area (Å²) in [7, 11) is -3.49. The fourth-order valence-corrected chi connectivity index (χ4v) is 2.49. The Hall–Kier alpha value is -2.28. The minimum atomic E-state index is -3.49. The number of benzene rings is 1. The molecular formula is C13H11FN2O3S. The van der Waals surface area contributed by atoms with Crippen LogP contribution in [0.25, 0.3) is 0 Å². The van der Waals surface area contributed by atoms with Crippen LogP contribution in [0.1, 0.15) is 10.4 Å². The van der Waals surface area contributed by atoms with Crippen molar-refractivity contribution in [2.75, 3.05) is 11.6 Å². The quantitative estimate of drug-likeness (QED) is 0.937. The fraction of sp³-hybridized carbons (Fsp3) is 0.0769. The molecule has 1 amide bonds. The number of hydrogen-bond acceptors (Lipinski definition) is 4. The minimum Gasteiger partial charge on any atom is -0.321 e. The van der Waals surface area contributed by atoms with E-state index in [1.54, 1.807) is 12.1 Å². The predicted molar refractivity (Wildman–Crippen MR) is 71.7 cm³/mol. The van der Waals surface area contributed by atoms with Gasteiger partial charge in [0.05, 0.1) is 22.3 Å². The zero-order valence-corrected chi connectivity index (χ0v) is 11.3. The van der Waals surface area contributed by atoms with Crippen LogP contribution in [0, 0.1) is 5.82 Å². The third-order valence-corrected chi connectivity index (χ3v) is 3.71. The van der Waals surface area contributed by atoms with Gasteiger partial charge >= 0.3 is 0 Å². The number of nitrogens with one attached hydrogen (secondary N) is 1. The smallest absolute Gasteiger partial charge is 0.258 e. The third kappa shape index (κ3) is 3.00. The van der Waals surface area contributed by atoms with Gasteiger partial charge < -0.3 is 5.32 Å². The molecule has 0 saturated heterocycles. The predicted octanol–water partition coefficient (Wildman–Crippen LogP) is 1.88. The number of nitrogens with zero attached hydrogens (tertiary/aromatic N) is 1. The molecule has 0 aliphatic carbocycles. The number of halogens is 1. The van der Waals surface area contributed by atoms with Gasteiger partial charge in [-0.2, -0.15) is 0 Å². The first-order valence-electron chi connectivity index (χ1n) is 5.59. The molecule has 1 heterocycles. The Labute approximate surface area is 115 Å². The molecule has 0 fully saturated rings. The summed E-state index contributed by atoms with van der Waals surface area (Å²) in [6.07, 6.45) is 3.23. The summed E-state index contributed by atoms with van der Waals surface area (Å²) in [5.74, 6) is -1.51. The molecule has 2 aromatic rings. The Balaban J connectivity index is 2.37. The molecule has 104 valence electrons. The van der Waals surface area contributed by atoms with Crippen molar-refractivity contribution in [3.63, 3.8) is 0 Å². The maximum Gasteiger partial charge on any atom is 0.258 e. The number of aromatic nitrogens is 1. The van der Waals surface area contributed by atoms with Crippen molar-refractivity contribution in [3.8, 4) is 0 Å². The van der Waals surface area contributed by atoms with Crippen LogP contribution in [-0.4, -0.2) is 25.6 Å². The lowest BCUT2D eigenvalue weighted by Gasteiger charge is -2.09. The second-order valence-electron chi connectivity index (χ2n) is 4.08. The van der Waals surface area contributed by atoms with E-state index >= 15 is 0 Å². The first-order valence-corrected chi connectivity index (χ1v) is 7.48. The molecule has 0 aliphatic heterocycles. The van der Waals surface area contributed by atoms with Gasteiger partial charge in [0.2, 0.25) is 0 Å². The number of rotatable bonds is 3. The van der Waals surface area contributed by atoms with Crippen molar-refractivity contribution in [1.29, 1.82) is 0 Å².